The lowest BCUT2D eigenvalue weighted by Crippen LogP contribution is -2.34. The highest BCUT2D eigenvalue weighted by Crippen LogP contribution is 2.15. The second kappa shape index (κ2) is 6.68. The number of ether oxygens (including phenoxy) is 1. The summed E-state index contributed by atoms with van der Waals surface area (Å²) in [5.41, 5.74) is 0.458. The van der Waals surface area contributed by atoms with Crippen LogP contribution in [0.25, 0.3) is 0 Å². The Bertz CT molecular complexity index is 386. The SMILES string of the molecule is CCN(CC)C(=O)COc1ccccc1C=O. The van der Waals surface area contributed by atoms with E-state index in [1.165, 1.54) is 0 Å². The van der Waals surface area contributed by atoms with E-state index in [1.807, 2.05) is 13.8 Å². The molecule has 17 heavy (non-hydrogen) atoms. The molecule has 0 atom stereocenters. The molecule has 0 aliphatic heterocycles. The molecule has 4 heteroatoms. The molecule has 4 nitrogen and oxygen atoms in total. The van der Waals surface area contributed by atoms with Gasteiger partial charge >= 0.3 is 0 Å². The number of nitrogens with zero attached hydrogens (tertiary/aromatic N) is 1. The van der Waals surface area contributed by atoms with E-state index in [1.54, 1.807) is 29.2 Å². The van der Waals surface area contributed by atoms with Crippen molar-refractivity contribution in [1.82, 2.24) is 4.90 Å². The van der Waals surface area contributed by atoms with Gasteiger partial charge in [-0.15, -0.1) is 0 Å². The molecule has 1 aromatic rings. The fraction of sp³-hybridized carbons (Fsp3) is 0.385. The van der Waals surface area contributed by atoms with Gasteiger partial charge in [0.2, 0.25) is 0 Å². The van der Waals surface area contributed by atoms with Crippen LogP contribution in [0.1, 0.15) is 24.2 Å². The zero-order valence-corrected chi connectivity index (χ0v) is 10.2. The number of amides is 1. The Balaban J connectivity index is 2.61. The highest BCUT2D eigenvalue weighted by atomic mass is 16.5. The van der Waals surface area contributed by atoms with Gasteiger partial charge in [-0.3, -0.25) is 9.59 Å². The van der Waals surface area contributed by atoms with Crippen molar-refractivity contribution in [2.45, 2.75) is 13.8 Å². The van der Waals surface area contributed by atoms with Crippen LogP contribution in [0.3, 0.4) is 0 Å². The van der Waals surface area contributed by atoms with E-state index in [2.05, 4.69) is 0 Å². The van der Waals surface area contributed by atoms with Crippen LogP contribution in [0.15, 0.2) is 24.3 Å². The van der Waals surface area contributed by atoms with Gasteiger partial charge in [0.1, 0.15) is 5.75 Å². The first-order valence-corrected chi connectivity index (χ1v) is 5.67. The average molecular weight is 235 g/mol. The minimum Gasteiger partial charge on any atom is -0.483 e. The molecule has 0 heterocycles. The fourth-order valence-electron chi connectivity index (χ4n) is 1.52. The predicted molar refractivity (Wildman–Crippen MR) is 65.3 cm³/mol. The normalized spacial score (nSPS) is 9.76. The molecule has 0 spiro atoms. The van der Waals surface area contributed by atoms with Gasteiger partial charge in [0, 0.05) is 13.1 Å². The Hall–Kier alpha value is -1.84. The Morgan fingerprint density at radius 1 is 1.29 bits per heavy atom. The molecule has 0 aliphatic rings. The van der Waals surface area contributed by atoms with Crippen LogP contribution in [0.2, 0.25) is 0 Å². The summed E-state index contributed by atoms with van der Waals surface area (Å²) in [6.45, 7) is 5.12. The maximum Gasteiger partial charge on any atom is 0.260 e. The van der Waals surface area contributed by atoms with Crippen LogP contribution < -0.4 is 4.74 Å². The Morgan fingerprint density at radius 3 is 2.53 bits per heavy atom. The van der Waals surface area contributed by atoms with Gasteiger partial charge in [-0.05, 0) is 26.0 Å². The zero-order chi connectivity index (χ0) is 12.7. The van der Waals surface area contributed by atoms with Gasteiger partial charge in [-0.25, -0.2) is 0 Å². The van der Waals surface area contributed by atoms with Crippen LogP contribution >= 0.6 is 0 Å². The average Bonchev–Trinajstić information content (AvgIpc) is 2.38. The molecular weight excluding hydrogens is 218 g/mol. The van der Waals surface area contributed by atoms with E-state index in [-0.39, 0.29) is 12.5 Å². The van der Waals surface area contributed by atoms with Crippen molar-refractivity contribution in [3.8, 4) is 5.75 Å². The number of benzene rings is 1. The third kappa shape index (κ3) is 3.59. The lowest BCUT2D eigenvalue weighted by Gasteiger charge is -2.18. The molecule has 92 valence electrons. The lowest BCUT2D eigenvalue weighted by molar-refractivity contribution is -0.132. The standard InChI is InChI=1S/C13H17NO3/c1-3-14(4-2)13(16)10-17-12-8-6-5-7-11(12)9-15/h5-9H,3-4,10H2,1-2H3. The summed E-state index contributed by atoms with van der Waals surface area (Å²) in [6.07, 6.45) is 0.719. The molecular formula is C13H17NO3. The Kier molecular flexibility index (Phi) is 5.20. The van der Waals surface area contributed by atoms with Gasteiger partial charge in [0.05, 0.1) is 5.56 Å². The van der Waals surface area contributed by atoms with Gasteiger partial charge in [0.15, 0.2) is 12.9 Å². The summed E-state index contributed by atoms with van der Waals surface area (Å²) in [7, 11) is 0. The highest BCUT2D eigenvalue weighted by molar-refractivity contribution is 5.80. The van der Waals surface area contributed by atoms with Crippen molar-refractivity contribution in [2.75, 3.05) is 19.7 Å². The first kappa shape index (κ1) is 13.2. The first-order chi connectivity index (χ1) is 8.22. The number of para-hydroxylation sites is 1. The van der Waals surface area contributed by atoms with Gasteiger partial charge in [-0.2, -0.15) is 0 Å². The minimum absolute atomic E-state index is 0.0352. The monoisotopic (exact) mass is 235 g/mol. The second-order valence-corrected chi connectivity index (χ2v) is 3.51. The molecule has 0 N–H and O–H groups in total. The molecule has 0 fully saturated rings. The van der Waals surface area contributed by atoms with Crippen LogP contribution in [0, 0.1) is 0 Å². The van der Waals surface area contributed by atoms with Crippen LogP contribution in [0.4, 0.5) is 0 Å². The van der Waals surface area contributed by atoms with Crippen LogP contribution in [-0.4, -0.2) is 36.8 Å². The summed E-state index contributed by atoms with van der Waals surface area (Å²) in [6, 6.07) is 6.86. The summed E-state index contributed by atoms with van der Waals surface area (Å²) in [5, 5.41) is 0. The van der Waals surface area contributed by atoms with E-state index >= 15 is 0 Å². The van der Waals surface area contributed by atoms with Crippen molar-refractivity contribution in [1.29, 1.82) is 0 Å². The van der Waals surface area contributed by atoms with E-state index in [9.17, 15) is 9.59 Å². The summed E-state index contributed by atoms with van der Waals surface area (Å²) >= 11 is 0. The molecule has 0 saturated carbocycles. The van der Waals surface area contributed by atoms with Crippen molar-refractivity contribution in [3.63, 3.8) is 0 Å². The smallest absolute Gasteiger partial charge is 0.260 e. The van der Waals surface area contributed by atoms with E-state index in [4.69, 9.17) is 4.74 Å². The van der Waals surface area contributed by atoms with Crippen LogP contribution in [-0.2, 0) is 4.79 Å². The van der Waals surface area contributed by atoms with Crippen LogP contribution in [0.5, 0.6) is 5.75 Å². The maximum absolute atomic E-state index is 11.7. The third-order valence-corrected chi connectivity index (χ3v) is 2.51. The minimum atomic E-state index is -0.0734. The second-order valence-electron chi connectivity index (χ2n) is 3.51. The predicted octanol–water partition coefficient (Wildman–Crippen LogP) is 1.75. The zero-order valence-electron chi connectivity index (χ0n) is 10.2. The molecule has 1 aromatic carbocycles. The van der Waals surface area contributed by atoms with Crippen molar-refractivity contribution >= 4 is 12.2 Å². The Labute approximate surface area is 101 Å². The summed E-state index contributed by atoms with van der Waals surface area (Å²) < 4.78 is 5.35. The van der Waals surface area contributed by atoms with Crippen molar-refractivity contribution < 1.29 is 14.3 Å². The number of carbonyl (C=O) groups excluding carboxylic acids is 2. The molecule has 0 radical (unpaired) electrons. The number of hydrogen-bond donors (Lipinski definition) is 0. The third-order valence-electron chi connectivity index (χ3n) is 2.51. The molecule has 0 aliphatic carbocycles. The molecule has 0 aromatic heterocycles. The number of likely N-dealkylation sites (N-methyl/N-ethyl adjacent to an activating group) is 1. The van der Waals surface area contributed by atoms with Gasteiger partial charge in [0.25, 0.3) is 5.91 Å². The molecule has 0 saturated heterocycles. The van der Waals surface area contributed by atoms with Crippen molar-refractivity contribution in [3.05, 3.63) is 29.8 Å². The summed E-state index contributed by atoms with van der Waals surface area (Å²) in [4.78, 5) is 24.1. The van der Waals surface area contributed by atoms with E-state index < -0.39 is 0 Å². The number of carbonyl (C=O) groups is 2. The lowest BCUT2D eigenvalue weighted by atomic mass is 10.2. The number of hydrogen-bond acceptors (Lipinski definition) is 3. The summed E-state index contributed by atoms with van der Waals surface area (Å²) in [5.74, 6) is 0.374. The highest BCUT2D eigenvalue weighted by Gasteiger charge is 2.11. The first-order valence-electron chi connectivity index (χ1n) is 5.67. The fourth-order valence-corrected chi connectivity index (χ4v) is 1.52. The quantitative estimate of drug-likeness (QED) is 0.706. The largest absolute Gasteiger partial charge is 0.483 e. The number of aldehydes is 1. The maximum atomic E-state index is 11.7. The van der Waals surface area contributed by atoms with Gasteiger partial charge < -0.3 is 9.64 Å². The molecule has 1 amide bonds. The van der Waals surface area contributed by atoms with E-state index in [0.29, 0.717) is 24.4 Å². The number of rotatable bonds is 6. The van der Waals surface area contributed by atoms with E-state index in [0.717, 1.165) is 6.29 Å². The molecule has 0 unspecified atom stereocenters. The molecule has 0 bridgehead atoms. The Morgan fingerprint density at radius 2 is 1.94 bits per heavy atom. The topological polar surface area (TPSA) is 46.6 Å². The van der Waals surface area contributed by atoms with Gasteiger partial charge in [-0.1, -0.05) is 12.1 Å². The van der Waals surface area contributed by atoms with Crippen molar-refractivity contribution in [2.24, 2.45) is 0 Å². The molecule has 1 rings (SSSR count).